The lowest BCUT2D eigenvalue weighted by atomic mass is 10.1. The number of rotatable bonds is 2. The molecule has 3 N–H and O–H groups in total. The molecule has 22 heavy (non-hydrogen) atoms. The summed E-state index contributed by atoms with van der Waals surface area (Å²) in [7, 11) is 0. The topological polar surface area (TPSA) is 61.4 Å². The van der Waals surface area contributed by atoms with Crippen molar-refractivity contribution in [2.45, 2.75) is 6.92 Å². The van der Waals surface area contributed by atoms with Gasteiger partial charge >= 0.3 is 0 Å². The number of carbonyl (C=O) groups is 1. The fraction of sp³-hybridized carbons (Fsp3) is 0.0667. The smallest absolute Gasteiger partial charge is 0.257 e. The minimum absolute atomic E-state index is 0.0976. The molecular weight excluding hydrogens is 432 g/mol. The van der Waals surface area contributed by atoms with Gasteiger partial charge in [-0.3, -0.25) is 10.1 Å². The van der Waals surface area contributed by atoms with Gasteiger partial charge in [0.1, 0.15) is 5.75 Å². The number of aryl methyl sites for hydroxylation is 1. The Morgan fingerprint density at radius 3 is 2.36 bits per heavy atom. The summed E-state index contributed by atoms with van der Waals surface area (Å²) in [6, 6.07) is 10.6. The average Bonchev–Trinajstić information content (AvgIpc) is 2.44. The molecule has 0 spiro atoms. The van der Waals surface area contributed by atoms with Crippen molar-refractivity contribution < 1.29 is 9.90 Å². The fourth-order valence-corrected chi connectivity index (χ4v) is 3.20. The van der Waals surface area contributed by atoms with Crippen molar-refractivity contribution in [3.05, 3.63) is 56.5 Å². The summed E-state index contributed by atoms with van der Waals surface area (Å²) in [5.41, 5.74) is 2.07. The van der Waals surface area contributed by atoms with Crippen molar-refractivity contribution in [1.29, 1.82) is 0 Å². The second-order valence-electron chi connectivity index (χ2n) is 4.51. The van der Waals surface area contributed by atoms with Crippen LogP contribution in [-0.2, 0) is 0 Å². The van der Waals surface area contributed by atoms with Crippen molar-refractivity contribution in [3.63, 3.8) is 0 Å². The van der Waals surface area contributed by atoms with Gasteiger partial charge in [0.2, 0.25) is 0 Å². The summed E-state index contributed by atoms with van der Waals surface area (Å²) >= 11 is 11.6. The monoisotopic (exact) mass is 442 g/mol. The Balaban J connectivity index is 2.08. The molecular formula is C15H12Br2N2O2S. The van der Waals surface area contributed by atoms with Crippen LogP contribution in [0.15, 0.2) is 45.3 Å². The molecule has 0 saturated carbocycles. The van der Waals surface area contributed by atoms with E-state index < -0.39 is 0 Å². The largest absolute Gasteiger partial charge is 0.506 e. The maximum absolute atomic E-state index is 12.2. The molecule has 0 atom stereocenters. The minimum Gasteiger partial charge on any atom is -0.506 e. The Labute approximate surface area is 150 Å². The third-order valence-corrected chi connectivity index (χ3v) is 4.30. The third-order valence-electron chi connectivity index (χ3n) is 2.89. The Kier molecular flexibility index (Phi) is 5.55. The molecule has 0 heterocycles. The predicted molar refractivity (Wildman–Crippen MR) is 98.4 cm³/mol. The van der Waals surface area contributed by atoms with Gasteiger partial charge in [-0.05, 0) is 74.8 Å². The Morgan fingerprint density at radius 1 is 1.18 bits per heavy atom. The van der Waals surface area contributed by atoms with Crippen LogP contribution in [0.5, 0.6) is 5.75 Å². The Morgan fingerprint density at radius 2 is 1.77 bits per heavy atom. The van der Waals surface area contributed by atoms with Crippen LogP contribution in [0.2, 0.25) is 0 Å². The zero-order valence-corrected chi connectivity index (χ0v) is 15.5. The first kappa shape index (κ1) is 16.9. The maximum atomic E-state index is 12.2. The number of benzene rings is 2. The average molecular weight is 444 g/mol. The second kappa shape index (κ2) is 7.21. The van der Waals surface area contributed by atoms with Gasteiger partial charge in [0, 0.05) is 11.3 Å². The van der Waals surface area contributed by atoms with E-state index in [9.17, 15) is 9.90 Å². The number of hydrogen-bond acceptors (Lipinski definition) is 3. The number of nitrogens with one attached hydrogen (secondary N) is 2. The van der Waals surface area contributed by atoms with Gasteiger partial charge < -0.3 is 10.4 Å². The summed E-state index contributed by atoms with van der Waals surface area (Å²) < 4.78 is 1.02. The van der Waals surface area contributed by atoms with Crippen LogP contribution in [0.4, 0.5) is 5.69 Å². The van der Waals surface area contributed by atoms with E-state index in [-0.39, 0.29) is 16.8 Å². The van der Waals surface area contributed by atoms with Gasteiger partial charge in [0.05, 0.1) is 8.95 Å². The van der Waals surface area contributed by atoms with Crippen molar-refractivity contribution in [1.82, 2.24) is 5.32 Å². The van der Waals surface area contributed by atoms with E-state index in [4.69, 9.17) is 12.2 Å². The van der Waals surface area contributed by atoms with Crippen LogP contribution in [0.25, 0.3) is 0 Å². The highest BCUT2D eigenvalue weighted by atomic mass is 79.9. The first-order valence-electron chi connectivity index (χ1n) is 6.24. The van der Waals surface area contributed by atoms with Crippen molar-refractivity contribution in [2.24, 2.45) is 0 Å². The lowest BCUT2D eigenvalue weighted by Crippen LogP contribution is -2.34. The molecule has 0 saturated heterocycles. The lowest BCUT2D eigenvalue weighted by molar-refractivity contribution is 0.0977. The van der Waals surface area contributed by atoms with Gasteiger partial charge in [0.25, 0.3) is 5.91 Å². The number of anilines is 1. The van der Waals surface area contributed by atoms with Gasteiger partial charge in [-0.2, -0.15) is 0 Å². The Bertz CT molecular complexity index is 727. The molecule has 0 bridgehead atoms. The number of hydrogen-bond donors (Lipinski definition) is 3. The van der Waals surface area contributed by atoms with Gasteiger partial charge in [-0.25, -0.2) is 0 Å². The Hall–Kier alpha value is -1.44. The quantitative estimate of drug-likeness (QED) is 0.476. The molecule has 0 aliphatic carbocycles. The minimum atomic E-state index is -0.271. The molecule has 2 rings (SSSR count). The number of amides is 1. The molecule has 0 aliphatic rings. The summed E-state index contributed by atoms with van der Waals surface area (Å²) in [6.07, 6.45) is 0. The number of aromatic hydroxyl groups is 1. The van der Waals surface area contributed by atoms with Crippen LogP contribution in [0.3, 0.4) is 0 Å². The predicted octanol–water partition coefficient (Wildman–Crippen LogP) is 4.35. The van der Waals surface area contributed by atoms with Crippen LogP contribution in [0.1, 0.15) is 15.9 Å². The number of thiocarbonyl (C=S) groups is 1. The van der Waals surface area contributed by atoms with Crippen molar-refractivity contribution >= 4 is 60.8 Å². The summed E-state index contributed by atoms with van der Waals surface area (Å²) in [4.78, 5) is 12.2. The SMILES string of the molecule is Cc1ccccc1C(=O)NC(=S)Nc1cc(Br)c(O)c(Br)c1. The van der Waals surface area contributed by atoms with Crippen LogP contribution in [0, 0.1) is 6.92 Å². The number of carbonyl (C=O) groups excluding carboxylic acids is 1. The zero-order valence-electron chi connectivity index (χ0n) is 11.5. The maximum Gasteiger partial charge on any atom is 0.257 e. The molecule has 114 valence electrons. The van der Waals surface area contributed by atoms with E-state index >= 15 is 0 Å². The molecule has 0 unspecified atom stereocenters. The number of phenolic OH excluding ortho intramolecular Hbond substituents is 1. The van der Waals surface area contributed by atoms with Gasteiger partial charge in [-0.1, -0.05) is 18.2 Å². The first-order chi connectivity index (χ1) is 10.4. The summed E-state index contributed by atoms with van der Waals surface area (Å²) in [5, 5.41) is 15.4. The van der Waals surface area contributed by atoms with E-state index in [0.29, 0.717) is 20.2 Å². The van der Waals surface area contributed by atoms with Crippen molar-refractivity contribution in [2.75, 3.05) is 5.32 Å². The molecule has 1 amide bonds. The molecule has 0 radical (unpaired) electrons. The molecule has 4 nitrogen and oxygen atoms in total. The highest BCUT2D eigenvalue weighted by molar-refractivity contribution is 9.11. The number of halogens is 2. The van der Waals surface area contributed by atoms with E-state index in [1.54, 1.807) is 24.3 Å². The molecule has 2 aromatic carbocycles. The van der Waals surface area contributed by atoms with E-state index in [1.165, 1.54) is 0 Å². The van der Waals surface area contributed by atoms with Crippen LogP contribution in [-0.4, -0.2) is 16.1 Å². The highest BCUT2D eigenvalue weighted by Crippen LogP contribution is 2.35. The second-order valence-corrected chi connectivity index (χ2v) is 6.63. The van der Waals surface area contributed by atoms with Crippen LogP contribution >= 0.6 is 44.1 Å². The summed E-state index contributed by atoms with van der Waals surface area (Å²) in [5.74, 6) is -0.173. The van der Waals surface area contributed by atoms with E-state index in [2.05, 4.69) is 42.5 Å². The third kappa shape index (κ3) is 4.06. The van der Waals surface area contributed by atoms with E-state index in [1.807, 2.05) is 19.1 Å². The van der Waals surface area contributed by atoms with Gasteiger partial charge in [-0.15, -0.1) is 0 Å². The molecule has 2 aromatic rings. The standard InChI is InChI=1S/C15H12Br2N2O2S/c1-8-4-2-3-5-10(8)14(21)19-15(22)18-9-6-11(16)13(20)12(17)7-9/h2-7,20H,1H3,(H2,18,19,21,22). The van der Waals surface area contributed by atoms with Crippen LogP contribution < -0.4 is 10.6 Å². The molecule has 0 fully saturated rings. The first-order valence-corrected chi connectivity index (χ1v) is 8.24. The van der Waals surface area contributed by atoms with Gasteiger partial charge in [0.15, 0.2) is 5.11 Å². The molecule has 0 aromatic heterocycles. The normalized spacial score (nSPS) is 10.1. The molecule has 7 heteroatoms. The lowest BCUT2D eigenvalue weighted by Gasteiger charge is -2.12. The van der Waals surface area contributed by atoms with E-state index in [0.717, 1.165) is 5.56 Å². The number of phenols is 1. The molecule has 0 aliphatic heterocycles. The highest BCUT2D eigenvalue weighted by Gasteiger charge is 2.11. The zero-order chi connectivity index (χ0) is 16.3. The fourth-order valence-electron chi connectivity index (χ4n) is 1.80. The van der Waals surface area contributed by atoms with Crippen molar-refractivity contribution in [3.8, 4) is 5.75 Å². The summed E-state index contributed by atoms with van der Waals surface area (Å²) in [6.45, 7) is 1.86.